The summed E-state index contributed by atoms with van der Waals surface area (Å²) in [5, 5.41) is 14.0. The first-order valence-corrected chi connectivity index (χ1v) is 20.9. The molecule has 7 aromatic rings. The van der Waals surface area contributed by atoms with E-state index in [0.717, 1.165) is 119 Å². The fourth-order valence-electron chi connectivity index (χ4n) is 7.97. The first-order valence-electron chi connectivity index (χ1n) is 20.9. The van der Waals surface area contributed by atoms with Crippen LogP contribution in [0.5, 0.6) is 0 Å². The number of carbonyl (C=O) groups is 2. The van der Waals surface area contributed by atoms with E-state index in [4.69, 9.17) is 9.97 Å². The summed E-state index contributed by atoms with van der Waals surface area (Å²) in [7, 11) is 2.07. The molecule has 7 rings (SSSR count). The van der Waals surface area contributed by atoms with E-state index in [1.807, 2.05) is 36.4 Å². The number of carbonyl (C=O) groups excluding carboxylic acids is 2. The molecule has 302 valence electrons. The van der Waals surface area contributed by atoms with Crippen molar-refractivity contribution < 1.29 is 14.5 Å². The number of rotatable bonds is 19. The Morgan fingerprint density at radius 2 is 1.46 bits per heavy atom. The van der Waals surface area contributed by atoms with Crippen molar-refractivity contribution in [1.29, 1.82) is 0 Å². The number of benzene rings is 5. The van der Waals surface area contributed by atoms with Crippen molar-refractivity contribution in [1.82, 2.24) is 24.4 Å². The largest absolute Gasteiger partial charge is 0.352 e. The second-order valence-electron chi connectivity index (χ2n) is 15.5. The van der Waals surface area contributed by atoms with E-state index in [2.05, 4.69) is 83.9 Å². The molecule has 10 heteroatoms. The SMILES string of the molecule is CCCc1nc2c(C)cc(-c3nc4ccccc4n3C)cc2n1Cc1ccc(-c2ccccc2C(=O)NCCCCCCCCCC(=O)c2ccc([N+](=O)[O-])cc2)cc1. The molecule has 0 radical (unpaired) electrons. The lowest BCUT2D eigenvalue weighted by Crippen LogP contribution is -2.25. The zero-order chi connectivity index (χ0) is 41.3. The smallest absolute Gasteiger partial charge is 0.269 e. The number of nitrogens with zero attached hydrogens (tertiary/aromatic N) is 5. The lowest BCUT2D eigenvalue weighted by atomic mass is 9.98. The van der Waals surface area contributed by atoms with Gasteiger partial charge in [-0.25, -0.2) is 9.97 Å². The molecule has 0 bridgehead atoms. The molecule has 0 fully saturated rings. The second kappa shape index (κ2) is 18.9. The molecular formula is C49H52N6O4. The Morgan fingerprint density at radius 3 is 2.19 bits per heavy atom. The zero-order valence-electron chi connectivity index (χ0n) is 34.2. The van der Waals surface area contributed by atoms with E-state index < -0.39 is 4.92 Å². The van der Waals surface area contributed by atoms with E-state index in [0.29, 0.717) is 30.6 Å². The van der Waals surface area contributed by atoms with Crippen LogP contribution < -0.4 is 5.32 Å². The number of nitro benzene ring substituents is 1. The van der Waals surface area contributed by atoms with Crippen LogP contribution in [0.15, 0.2) is 109 Å². The number of fused-ring (bicyclic) bond motifs is 2. The summed E-state index contributed by atoms with van der Waals surface area (Å²) in [6.07, 6.45) is 9.25. The Labute approximate surface area is 345 Å². The molecule has 1 amide bonds. The van der Waals surface area contributed by atoms with Crippen LogP contribution in [0.1, 0.15) is 102 Å². The minimum atomic E-state index is -0.461. The topological polar surface area (TPSA) is 125 Å². The molecule has 0 unspecified atom stereocenters. The van der Waals surface area contributed by atoms with Gasteiger partial charge in [-0.2, -0.15) is 0 Å². The van der Waals surface area contributed by atoms with Gasteiger partial charge in [0.05, 0.1) is 27.0 Å². The predicted molar refractivity (Wildman–Crippen MR) is 236 cm³/mol. The van der Waals surface area contributed by atoms with Crippen LogP contribution in [0, 0.1) is 17.0 Å². The maximum atomic E-state index is 13.4. The third-order valence-electron chi connectivity index (χ3n) is 11.2. The minimum absolute atomic E-state index is 0.00828. The number of aromatic nitrogens is 4. The molecule has 0 saturated carbocycles. The summed E-state index contributed by atoms with van der Waals surface area (Å²) in [4.78, 5) is 46.3. The highest BCUT2D eigenvalue weighted by atomic mass is 16.6. The van der Waals surface area contributed by atoms with Crippen LogP contribution in [0.25, 0.3) is 44.6 Å². The number of para-hydroxylation sites is 2. The standard InChI is InChI=1S/C49H52N6O4/c1-4-16-46-52-47-34(2)31-38(48-51-42-19-13-14-20-43(42)53(48)3)32-44(47)54(46)33-35-22-24-36(25-23-35)40-17-11-12-18-41(40)49(57)50-30-15-9-7-5-6-8-10-21-45(56)37-26-28-39(29-27-37)55(58)59/h11-14,17-20,22-29,31-32H,4-10,15-16,21,30,33H2,1-3H3,(H,50,57). The monoisotopic (exact) mass is 788 g/mol. The maximum Gasteiger partial charge on any atom is 0.269 e. The number of nitrogens with one attached hydrogen (secondary N) is 1. The van der Waals surface area contributed by atoms with Gasteiger partial charge in [-0.3, -0.25) is 19.7 Å². The number of hydrogen-bond acceptors (Lipinski definition) is 6. The first-order chi connectivity index (χ1) is 28.7. The lowest BCUT2D eigenvalue weighted by molar-refractivity contribution is -0.384. The summed E-state index contributed by atoms with van der Waals surface area (Å²) in [5.74, 6) is 1.97. The molecule has 1 N–H and O–H groups in total. The van der Waals surface area contributed by atoms with Gasteiger partial charge < -0.3 is 14.5 Å². The van der Waals surface area contributed by atoms with Gasteiger partial charge in [-0.1, -0.05) is 93.6 Å². The van der Waals surface area contributed by atoms with Crippen LogP contribution in [-0.4, -0.2) is 42.3 Å². The summed E-state index contributed by atoms with van der Waals surface area (Å²) < 4.78 is 4.51. The van der Waals surface area contributed by atoms with Gasteiger partial charge in [-0.05, 0) is 90.9 Å². The highest BCUT2D eigenvalue weighted by Gasteiger charge is 2.18. The molecule has 0 aliphatic carbocycles. The highest BCUT2D eigenvalue weighted by molar-refractivity contribution is 6.01. The fourth-order valence-corrected chi connectivity index (χ4v) is 7.97. The highest BCUT2D eigenvalue weighted by Crippen LogP contribution is 2.31. The Balaban J connectivity index is 0.921. The number of nitro groups is 1. The van der Waals surface area contributed by atoms with Crippen molar-refractivity contribution in [2.24, 2.45) is 7.05 Å². The molecule has 0 aliphatic heterocycles. The number of ketones is 1. The zero-order valence-corrected chi connectivity index (χ0v) is 34.2. The van der Waals surface area contributed by atoms with Gasteiger partial charge in [0.15, 0.2) is 5.78 Å². The number of hydrogen-bond donors (Lipinski definition) is 1. The summed E-state index contributed by atoms with van der Waals surface area (Å²) >= 11 is 0. The second-order valence-corrected chi connectivity index (χ2v) is 15.5. The summed E-state index contributed by atoms with van der Waals surface area (Å²) in [5.41, 5.74) is 10.7. The molecule has 0 spiro atoms. The third-order valence-corrected chi connectivity index (χ3v) is 11.2. The summed E-state index contributed by atoms with van der Waals surface area (Å²) in [6.45, 7) is 5.63. The molecule has 5 aromatic carbocycles. The van der Waals surface area contributed by atoms with Crippen molar-refractivity contribution in [2.45, 2.75) is 84.6 Å². The molecule has 59 heavy (non-hydrogen) atoms. The molecule has 0 atom stereocenters. The van der Waals surface area contributed by atoms with Gasteiger partial charge >= 0.3 is 0 Å². The lowest BCUT2D eigenvalue weighted by Gasteiger charge is -2.13. The Hall–Kier alpha value is -6.42. The van der Waals surface area contributed by atoms with Gasteiger partial charge in [0, 0.05) is 61.8 Å². The van der Waals surface area contributed by atoms with Gasteiger partial charge in [0.25, 0.3) is 11.6 Å². The van der Waals surface area contributed by atoms with E-state index in [1.54, 1.807) is 0 Å². The quantitative estimate of drug-likeness (QED) is 0.0376. The van der Waals surface area contributed by atoms with Crippen LogP contribution >= 0.6 is 0 Å². The van der Waals surface area contributed by atoms with Crippen LogP contribution in [0.2, 0.25) is 0 Å². The number of amides is 1. The molecule has 2 heterocycles. The Morgan fingerprint density at radius 1 is 0.763 bits per heavy atom. The van der Waals surface area contributed by atoms with Crippen LogP contribution in [-0.2, 0) is 20.0 Å². The normalized spacial score (nSPS) is 11.4. The maximum absolute atomic E-state index is 13.4. The number of imidazole rings is 2. The fraction of sp³-hybridized carbons (Fsp3) is 0.306. The van der Waals surface area contributed by atoms with Crippen molar-refractivity contribution in [3.05, 3.63) is 147 Å². The van der Waals surface area contributed by atoms with Crippen molar-refractivity contribution in [2.75, 3.05) is 6.54 Å². The molecule has 2 aromatic heterocycles. The predicted octanol–water partition coefficient (Wildman–Crippen LogP) is 11.2. The number of non-ortho nitro benzene ring substituents is 1. The first kappa shape index (κ1) is 40.8. The van der Waals surface area contributed by atoms with Gasteiger partial charge in [0.1, 0.15) is 11.6 Å². The van der Waals surface area contributed by atoms with E-state index >= 15 is 0 Å². The average molecular weight is 789 g/mol. The van der Waals surface area contributed by atoms with Crippen LogP contribution in [0.4, 0.5) is 5.69 Å². The third kappa shape index (κ3) is 9.49. The van der Waals surface area contributed by atoms with E-state index in [-0.39, 0.29) is 17.4 Å². The minimum Gasteiger partial charge on any atom is -0.352 e. The molecule has 10 nitrogen and oxygen atoms in total. The Bertz CT molecular complexity index is 2590. The molecule has 0 saturated heterocycles. The Kier molecular flexibility index (Phi) is 13.1. The van der Waals surface area contributed by atoms with Crippen molar-refractivity contribution in [3.8, 4) is 22.5 Å². The van der Waals surface area contributed by atoms with Crippen molar-refractivity contribution >= 4 is 39.4 Å². The number of Topliss-reactive ketones (excluding diaryl/α,β-unsaturated/α-hetero) is 1. The van der Waals surface area contributed by atoms with Gasteiger partial charge in [0.2, 0.25) is 0 Å². The molecular weight excluding hydrogens is 737 g/mol. The number of aryl methyl sites for hydroxylation is 3. The summed E-state index contributed by atoms with van der Waals surface area (Å²) in [6, 6.07) is 34.8. The molecule has 0 aliphatic rings. The van der Waals surface area contributed by atoms with Crippen molar-refractivity contribution in [3.63, 3.8) is 0 Å². The number of unbranched alkanes of at least 4 members (excludes halogenated alkanes) is 6. The average Bonchev–Trinajstić information content (AvgIpc) is 3.78. The van der Waals surface area contributed by atoms with Crippen LogP contribution in [0.3, 0.4) is 0 Å². The van der Waals surface area contributed by atoms with Gasteiger partial charge in [-0.15, -0.1) is 0 Å². The van der Waals surface area contributed by atoms with E-state index in [1.165, 1.54) is 24.3 Å². The van der Waals surface area contributed by atoms with E-state index in [9.17, 15) is 19.7 Å².